The summed E-state index contributed by atoms with van der Waals surface area (Å²) in [6.07, 6.45) is 7.23. The SMILES string of the molecule is CCC1=NOC(CN(C)CCc2cnn(C)c2)C1. The molecule has 1 aliphatic rings. The molecule has 0 saturated carbocycles. The van der Waals surface area contributed by atoms with Gasteiger partial charge in [-0.3, -0.25) is 4.68 Å². The molecule has 0 aliphatic carbocycles. The number of rotatable bonds is 6. The first kappa shape index (κ1) is 13.1. The molecule has 1 aromatic heterocycles. The lowest BCUT2D eigenvalue weighted by Crippen LogP contribution is -2.30. The van der Waals surface area contributed by atoms with Crippen molar-refractivity contribution in [1.82, 2.24) is 14.7 Å². The summed E-state index contributed by atoms with van der Waals surface area (Å²) in [6.45, 7) is 4.08. The van der Waals surface area contributed by atoms with Crippen molar-refractivity contribution in [3.8, 4) is 0 Å². The van der Waals surface area contributed by atoms with Crippen LogP contribution in [-0.4, -0.2) is 46.6 Å². The van der Waals surface area contributed by atoms with Gasteiger partial charge in [-0.15, -0.1) is 0 Å². The molecule has 0 N–H and O–H groups in total. The van der Waals surface area contributed by atoms with Crippen LogP contribution in [0, 0.1) is 0 Å². The molecule has 0 spiro atoms. The Morgan fingerprint density at radius 3 is 3.00 bits per heavy atom. The van der Waals surface area contributed by atoms with Gasteiger partial charge in [0.05, 0.1) is 11.9 Å². The molecule has 0 bridgehead atoms. The van der Waals surface area contributed by atoms with Gasteiger partial charge in [0.25, 0.3) is 0 Å². The highest BCUT2D eigenvalue weighted by molar-refractivity contribution is 5.85. The van der Waals surface area contributed by atoms with Crippen molar-refractivity contribution in [1.29, 1.82) is 0 Å². The predicted octanol–water partition coefficient (Wildman–Crippen LogP) is 1.45. The van der Waals surface area contributed by atoms with Gasteiger partial charge in [-0.05, 0) is 25.5 Å². The van der Waals surface area contributed by atoms with Crippen molar-refractivity contribution in [2.75, 3.05) is 20.1 Å². The number of nitrogens with zero attached hydrogens (tertiary/aromatic N) is 4. The van der Waals surface area contributed by atoms with Crippen LogP contribution in [0.5, 0.6) is 0 Å². The molecule has 1 aliphatic heterocycles. The summed E-state index contributed by atoms with van der Waals surface area (Å²) in [4.78, 5) is 7.71. The third-order valence-electron chi connectivity index (χ3n) is 3.26. The van der Waals surface area contributed by atoms with Crippen LogP contribution in [0.4, 0.5) is 0 Å². The number of aromatic nitrogens is 2. The van der Waals surface area contributed by atoms with Crippen molar-refractivity contribution in [2.24, 2.45) is 12.2 Å². The van der Waals surface area contributed by atoms with Crippen LogP contribution in [-0.2, 0) is 18.3 Å². The largest absolute Gasteiger partial charge is 0.391 e. The lowest BCUT2D eigenvalue weighted by Gasteiger charge is -2.19. The summed E-state index contributed by atoms with van der Waals surface area (Å²) < 4.78 is 1.84. The second kappa shape index (κ2) is 6.00. The van der Waals surface area contributed by atoms with Gasteiger partial charge in [0.15, 0.2) is 0 Å². The Labute approximate surface area is 108 Å². The molecule has 1 unspecified atom stereocenters. The molecule has 18 heavy (non-hydrogen) atoms. The maximum Gasteiger partial charge on any atom is 0.145 e. The first-order valence-corrected chi connectivity index (χ1v) is 6.55. The van der Waals surface area contributed by atoms with Gasteiger partial charge >= 0.3 is 0 Å². The predicted molar refractivity (Wildman–Crippen MR) is 71.6 cm³/mol. The van der Waals surface area contributed by atoms with Gasteiger partial charge < -0.3 is 9.74 Å². The van der Waals surface area contributed by atoms with Crippen molar-refractivity contribution in [3.05, 3.63) is 18.0 Å². The van der Waals surface area contributed by atoms with Crippen molar-refractivity contribution in [3.63, 3.8) is 0 Å². The molecule has 2 rings (SSSR count). The van der Waals surface area contributed by atoms with Crippen LogP contribution in [0.15, 0.2) is 17.5 Å². The van der Waals surface area contributed by atoms with E-state index in [-0.39, 0.29) is 6.10 Å². The standard InChI is InChI=1S/C13H22N4O/c1-4-12-7-13(18-15-12)10-16(2)6-5-11-8-14-17(3)9-11/h8-9,13H,4-7,10H2,1-3H3. The molecule has 100 valence electrons. The summed E-state index contributed by atoms with van der Waals surface area (Å²) >= 11 is 0. The zero-order valence-electron chi connectivity index (χ0n) is 11.5. The summed E-state index contributed by atoms with van der Waals surface area (Å²) in [5.74, 6) is 0. The molecule has 0 saturated heterocycles. The molecule has 1 atom stereocenters. The van der Waals surface area contributed by atoms with E-state index in [1.165, 1.54) is 11.3 Å². The van der Waals surface area contributed by atoms with Gasteiger partial charge in [-0.1, -0.05) is 12.1 Å². The number of hydrogen-bond acceptors (Lipinski definition) is 4. The summed E-state index contributed by atoms with van der Waals surface area (Å²) in [5, 5.41) is 8.26. The molecule has 1 aromatic rings. The first-order chi connectivity index (χ1) is 8.67. The third kappa shape index (κ3) is 3.57. The minimum atomic E-state index is 0.235. The zero-order valence-corrected chi connectivity index (χ0v) is 11.5. The Hall–Kier alpha value is -1.36. The summed E-state index contributed by atoms with van der Waals surface area (Å²) in [6, 6.07) is 0. The van der Waals surface area contributed by atoms with E-state index in [0.717, 1.165) is 32.4 Å². The van der Waals surface area contributed by atoms with E-state index in [1.807, 2.05) is 17.9 Å². The molecule has 0 aromatic carbocycles. The fraction of sp³-hybridized carbons (Fsp3) is 0.692. The van der Waals surface area contributed by atoms with Crippen molar-refractivity contribution >= 4 is 5.71 Å². The zero-order chi connectivity index (χ0) is 13.0. The number of aryl methyl sites for hydroxylation is 1. The Balaban J connectivity index is 1.68. The second-order valence-corrected chi connectivity index (χ2v) is 4.98. The molecule has 5 nitrogen and oxygen atoms in total. The Morgan fingerprint density at radius 1 is 1.56 bits per heavy atom. The van der Waals surface area contributed by atoms with E-state index in [9.17, 15) is 0 Å². The fourth-order valence-electron chi connectivity index (χ4n) is 2.15. The van der Waals surface area contributed by atoms with Crippen LogP contribution < -0.4 is 0 Å². The average Bonchev–Trinajstić information content (AvgIpc) is 2.95. The number of hydrogen-bond donors (Lipinski definition) is 0. The second-order valence-electron chi connectivity index (χ2n) is 4.98. The maximum absolute atomic E-state index is 5.41. The lowest BCUT2D eigenvalue weighted by molar-refractivity contribution is 0.0596. The van der Waals surface area contributed by atoms with Crippen LogP contribution in [0.2, 0.25) is 0 Å². The van der Waals surface area contributed by atoms with E-state index < -0.39 is 0 Å². The van der Waals surface area contributed by atoms with E-state index in [2.05, 4.69) is 35.3 Å². The smallest absolute Gasteiger partial charge is 0.145 e. The quantitative estimate of drug-likeness (QED) is 0.767. The molecule has 0 fully saturated rings. The first-order valence-electron chi connectivity index (χ1n) is 6.55. The van der Waals surface area contributed by atoms with Gasteiger partial charge in [-0.2, -0.15) is 5.10 Å². The third-order valence-corrected chi connectivity index (χ3v) is 3.26. The Bertz CT molecular complexity index is 413. The van der Waals surface area contributed by atoms with E-state index in [1.54, 1.807) is 0 Å². The highest BCUT2D eigenvalue weighted by atomic mass is 16.6. The van der Waals surface area contributed by atoms with Crippen LogP contribution in [0.3, 0.4) is 0 Å². The molecular formula is C13H22N4O. The molecular weight excluding hydrogens is 228 g/mol. The summed E-state index contributed by atoms with van der Waals surface area (Å²) in [5.41, 5.74) is 2.46. The fourth-order valence-corrected chi connectivity index (χ4v) is 2.15. The maximum atomic E-state index is 5.41. The van der Waals surface area contributed by atoms with Crippen molar-refractivity contribution in [2.45, 2.75) is 32.3 Å². The van der Waals surface area contributed by atoms with E-state index in [0.29, 0.717) is 0 Å². The normalized spacial score (nSPS) is 19.1. The van der Waals surface area contributed by atoms with E-state index in [4.69, 9.17) is 4.84 Å². The molecule has 0 radical (unpaired) electrons. The van der Waals surface area contributed by atoms with E-state index >= 15 is 0 Å². The lowest BCUT2D eigenvalue weighted by atomic mass is 10.1. The van der Waals surface area contributed by atoms with Gasteiger partial charge in [0.1, 0.15) is 6.10 Å². The van der Waals surface area contributed by atoms with Crippen LogP contribution in [0.1, 0.15) is 25.3 Å². The van der Waals surface area contributed by atoms with Gasteiger partial charge in [-0.25, -0.2) is 0 Å². The topological polar surface area (TPSA) is 42.6 Å². The minimum absolute atomic E-state index is 0.235. The molecule has 2 heterocycles. The van der Waals surface area contributed by atoms with Gasteiger partial charge in [0, 0.05) is 32.8 Å². The number of likely N-dealkylation sites (N-methyl/N-ethyl adjacent to an activating group) is 1. The number of oxime groups is 1. The van der Waals surface area contributed by atoms with Crippen molar-refractivity contribution < 1.29 is 4.84 Å². The van der Waals surface area contributed by atoms with Crippen LogP contribution in [0.25, 0.3) is 0 Å². The Kier molecular flexibility index (Phi) is 4.36. The van der Waals surface area contributed by atoms with Crippen LogP contribution >= 0.6 is 0 Å². The highest BCUT2D eigenvalue weighted by Crippen LogP contribution is 2.13. The molecule has 5 heteroatoms. The average molecular weight is 250 g/mol. The highest BCUT2D eigenvalue weighted by Gasteiger charge is 2.21. The summed E-state index contributed by atoms with van der Waals surface area (Å²) in [7, 11) is 4.08. The van der Waals surface area contributed by atoms with Gasteiger partial charge in [0.2, 0.25) is 0 Å². The molecule has 0 amide bonds. The Morgan fingerprint density at radius 2 is 2.39 bits per heavy atom. The monoisotopic (exact) mass is 250 g/mol. The minimum Gasteiger partial charge on any atom is -0.391 e.